The molecule has 1 rings (SSSR count). The average molecular weight is 277 g/mol. The lowest BCUT2D eigenvalue weighted by Crippen LogP contribution is -2.36. The van der Waals surface area contributed by atoms with Crippen LogP contribution in [0.5, 0.6) is 0 Å². The van der Waals surface area contributed by atoms with Gasteiger partial charge >= 0.3 is 0 Å². The molecular formula is C12H27N3O2S. The quantitative estimate of drug-likeness (QED) is 0.624. The van der Waals surface area contributed by atoms with E-state index in [0.717, 1.165) is 45.3 Å². The molecular weight excluding hydrogens is 250 g/mol. The summed E-state index contributed by atoms with van der Waals surface area (Å²) in [5.41, 5.74) is 0. The van der Waals surface area contributed by atoms with Crippen molar-refractivity contribution in [1.29, 1.82) is 0 Å². The number of nitrogens with zero attached hydrogens (tertiary/aromatic N) is 1. The first kappa shape index (κ1) is 15.9. The fourth-order valence-electron chi connectivity index (χ4n) is 2.20. The first-order valence-corrected chi connectivity index (χ1v) is 8.47. The van der Waals surface area contributed by atoms with Gasteiger partial charge in [0, 0.05) is 6.54 Å². The summed E-state index contributed by atoms with van der Waals surface area (Å²) in [5, 5.41) is 3.25. The van der Waals surface area contributed by atoms with Gasteiger partial charge in [0.15, 0.2) is 0 Å². The van der Waals surface area contributed by atoms with E-state index < -0.39 is 10.0 Å². The maximum Gasteiger partial charge on any atom is 0.211 e. The number of hydrogen-bond donors (Lipinski definition) is 2. The van der Waals surface area contributed by atoms with Crippen LogP contribution in [0.15, 0.2) is 0 Å². The molecule has 0 aromatic rings. The van der Waals surface area contributed by atoms with Gasteiger partial charge in [-0.2, -0.15) is 0 Å². The molecule has 1 heterocycles. The van der Waals surface area contributed by atoms with Gasteiger partial charge in [-0.1, -0.05) is 0 Å². The van der Waals surface area contributed by atoms with Crippen molar-refractivity contribution in [2.75, 3.05) is 46.0 Å². The molecule has 5 nitrogen and oxygen atoms in total. The van der Waals surface area contributed by atoms with Crippen LogP contribution in [-0.4, -0.2) is 59.3 Å². The number of nitrogens with one attached hydrogen (secondary N) is 2. The lowest BCUT2D eigenvalue weighted by molar-refractivity contribution is 0.392. The maximum atomic E-state index is 11.9. The number of rotatable bonds is 8. The third kappa shape index (κ3) is 7.31. The van der Waals surface area contributed by atoms with E-state index in [9.17, 15) is 8.42 Å². The largest absolute Gasteiger partial charge is 0.317 e. The average Bonchev–Trinajstić information content (AvgIpc) is 2.28. The van der Waals surface area contributed by atoms with Crippen molar-refractivity contribution in [2.24, 2.45) is 5.92 Å². The minimum Gasteiger partial charge on any atom is -0.317 e. The van der Waals surface area contributed by atoms with Crippen LogP contribution in [0.3, 0.4) is 0 Å². The van der Waals surface area contributed by atoms with Gasteiger partial charge in [0.1, 0.15) is 0 Å². The second-order valence-electron chi connectivity index (χ2n) is 5.38. The summed E-state index contributed by atoms with van der Waals surface area (Å²) in [6, 6.07) is 0. The van der Waals surface area contributed by atoms with E-state index in [0.29, 0.717) is 18.2 Å². The molecule has 108 valence electrons. The summed E-state index contributed by atoms with van der Waals surface area (Å²) in [4.78, 5) is 2.11. The zero-order valence-corrected chi connectivity index (χ0v) is 12.4. The van der Waals surface area contributed by atoms with Crippen LogP contribution in [-0.2, 0) is 10.0 Å². The Balaban J connectivity index is 2.14. The molecule has 6 heteroatoms. The number of piperidine rings is 1. The Bertz CT molecular complexity index is 311. The second-order valence-corrected chi connectivity index (χ2v) is 7.23. The second kappa shape index (κ2) is 8.09. The minimum atomic E-state index is -3.07. The molecule has 0 atom stereocenters. The van der Waals surface area contributed by atoms with Gasteiger partial charge in [-0.15, -0.1) is 0 Å². The van der Waals surface area contributed by atoms with Crippen molar-refractivity contribution in [3.8, 4) is 0 Å². The standard InChI is InChI=1S/C12H27N3O2S/c1-15(2)10-4-3-7-14-18(16,17)11-12-5-8-13-9-6-12/h12-14H,3-11H2,1-2H3. The lowest BCUT2D eigenvalue weighted by Gasteiger charge is -2.22. The Kier molecular flexibility index (Phi) is 7.14. The molecule has 1 saturated heterocycles. The summed E-state index contributed by atoms with van der Waals surface area (Å²) in [7, 11) is 0.985. The normalized spacial score (nSPS) is 18.4. The lowest BCUT2D eigenvalue weighted by atomic mass is 10.0. The van der Waals surface area contributed by atoms with Crippen molar-refractivity contribution >= 4 is 10.0 Å². The van der Waals surface area contributed by atoms with Gasteiger partial charge in [-0.3, -0.25) is 0 Å². The van der Waals surface area contributed by atoms with Crippen LogP contribution in [0.1, 0.15) is 25.7 Å². The number of unbranched alkanes of at least 4 members (excludes halogenated alkanes) is 1. The van der Waals surface area contributed by atoms with E-state index in [-0.39, 0.29) is 0 Å². The van der Waals surface area contributed by atoms with Crippen molar-refractivity contribution in [1.82, 2.24) is 14.9 Å². The molecule has 0 unspecified atom stereocenters. The van der Waals surface area contributed by atoms with Gasteiger partial charge in [0.2, 0.25) is 10.0 Å². The Labute approximate surface area is 111 Å². The van der Waals surface area contributed by atoms with Gasteiger partial charge < -0.3 is 10.2 Å². The molecule has 1 fully saturated rings. The molecule has 2 N–H and O–H groups in total. The third-order valence-corrected chi connectivity index (χ3v) is 4.82. The number of hydrogen-bond acceptors (Lipinski definition) is 4. The van der Waals surface area contributed by atoms with Crippen molar-refractivity contribution in [2.45, 2.75) is 25.7 Å². The Morgan fingerprint density at radius 2 is 1.89 bits per heavy atom. The summed E-state index contributed by atoms with van der Waals surface area (Å²) in [6.45, 7) is 3.48. The van der Waals surface area contributed by atoms with Crippen LogP contribution in [0, 0.1) is 5.92 Å². The fraction of sp³-hybridized carbons (Fsp3) is 1.00. The SMILES string of the molecule is CN(C)CCCCNS(=O)(=O)CC1CCNCC1. The van der Waals surface area contributed by atoms with Gasteiger partial charge in [0.05, 0.1) is 5.75 Å². The Morgan fingerprint density at radius 1 is 1.22 bits per heavy atom. The van der Waals surface area contributed by atoms with E-state index in [1.54, 1.807) is 0 Å². The summed E-state index contributed by atoms with van der Waals surface area (Å²) in [6.07, 6.45) is 3.88. The van der Waals surface area contributed by atoms with Gasteiger partial charge in [0.25, 0.3) is 0 Å². The van der Waals surface area contributed by atoms with E-state index in [2.05, 4.69) is 14.9 Å². The van der Waals surface area contributed by atoms with Crippen molar-refractivity contribution < 1.29 is 8.42 Å². The third-order valence-electron chi connectivity index (χ3n) is 3.27. The molecule has 0 aromatic heterocycles. The monoisotopic (exact) mass is 277 g/mol. The predicted octanol–water partition coefficient (Wildman–Crippen LogP) is 0.247. The highest BCUT2D eigenvalue weighted by atomic mass is 32.2. The zero-order valence-electron chi connectivity index (χ0n) is 11.6. The van der Waals surface area contributed by atoms with E-state index in [4.69, 9.17) is 0 Å². The summed E-state index contributed by atoms with van der Waals surface area (Å²) in [5.74, 6) is 0.619. The molecule has 0 saturated carbocycles. The molecule has 1 aliphatic heterocycles. The molecule has 1 aliphatic rings. The number of sulfonamides is 1. The molecule has 0 spiro atoms. The zero-order chi connectivity index (χ0) is 13.4. The highest BCUT2D eigenvalue weighted by molar-refractivity contribution is 7.89. The van der Waals surface area contributed by atoms with E-state index in [1.807, 2.05) is 14.1 Å². The Morgan fingerprint density at radius 3 is 2.50 bits per heavy atom. The van der Waals surface area contributed by atoms with Crippen LogP contribution in [0.25, 0.3) is 0 Å². The molecule has 18 heavy (non-hydrogen) atoms. The topological polar surface area (TPSA) is 61.4 Å². The molecule has 0 aliphatic carbocycles. The maximum absolute atomic E-state index is 11.9. The predicted molar refractivity (Wildman–Crippen MR) is 75.2 cm³/mol. The molecule has 0 aromatic carbocycles. The van der Waals surface area contributed by atoms with Gasteiger partial charge in [-0.05, 0) is 65.3 Å². The van der Waals surface area contributed by atoms with Crippen molar-refractivity contribution in [3.05, 3.63) is 0 Å². The minimum absolute atomic E-state index is 0.294. The molecule has 0 bridgehead atoms. The fourth-order valence-corrected chi connectivity index (χ4v) is 3.73. The summed E-state index contributed by atoms with van der Waals surface area (Å²) >= 11 is 0. The van der Waals surface area contributed by atoms with Crippen LogP contribution in [0.4, 0.5) is 0 Å². The van der Waals surface area contributed by atoms with Crippen LogP contribution < -0.4 is 10.0 Å². The summed E-state index contributed by atoms with van der Waals surface area (Å²) < 4.78 is 26.4. The van der Waals surface area contributed by atoms with Crippen LogP contribution in [0.2, 0.25) is 0 Å². The van der Waals surface area contributed by atoms with E-state index >= 15 is 0 Å². The highest BCUT2D eigenvalue weighted by Gasteiger charge is 2.20. The smallest absolute Gasteiger partial charge is 0.211 e. The first-order valence-electron chi connectivity index (χ1n) is 6.82. The van der Waals surface area contributed by atoms with E-state index in [1.165, 1.54) is 0 Å². The van der Waals surface area contributed by atoms with Crippen LogP contribution >= 0.6 is 0 Å². The molecule has 0 radical (unpaired) electrons. The van der Waals surface area contributed by atoms with Gasteiger partial charge in [-0.25, -0.2) is 13.1 Å². The highest BCUT2D eigenvalue weighted by Crippen LogP contribution is 2.13. The van der Waals surface area contributed by atoms with Crippen molar-refractivity contribution in [3.63, 3.8) is 0 Å². The Hall–Kier alpha value is -0.170. The molecule has 0 amide bonds. The first-order chi connectivity index (χ1) is 8.49.